The molecule has 0 aliphatic carbocycles. The monoisotopic (exact) mass is 318 g/mol. The number of amides is 1. The van der Waals surface area contributed by atoms with Crippen LogP contribution in [0.5, 0.6) is 5.75 Å². The van der Waals surface area contributed by atoms with Crippen LogP contribution in [0.3, 0.4) is 0 Å². The molecule has 1 amide bonds. The summed E-state index contributed by atoms with van der Waals surface area (Å²) in [6, 6.07) is 14.9. The quantitative estimate of drug-likeness (QED) is 0.822. The second kappa shape index (κ2) is 8.29. The summed E-state index contributed by atoms with van der Waals surface area (Å²) >= 11 is 5.82. The van der Waals surface area contributed by atoms with Gasteiger partial charge in [-0.2, -0.15) is 0 Å². The van der Waals surface area contributed by atoms with Gasteiger partial charge in [0.25, 0.3) is 0 Å². The number of rotatable bonds is 7. The van der Waals surface area contributed by atoms with Crippen LogP contribution in [0.4, 0.5) is 5.69 Å². The molecule has 0 radical (unpaired) electrons. The molecule has 4 nitrogen and oxygen atoms in total. The highest BCUT2D eigenvalue weighted by molar-refractivity contribution is 6.30. The van der Waals surface area contributed by atoms with E-state index in [0.29, 0.717) is 18.2 Å². The molecule has 0 aliphatic rings. The second-order valence-electron chi connectivity index (χ2n) is 4.69. The number of nitrogens with one attached hydrogen (secondary N) is 2. The van der Waals surface area contributed by atoms with Gasteiger partial charge in [0.1, 0.15) is 5.75 Å². The van der Waals surface area contributed by atoms with Crippen molar-refractivity contribution in [1.29, 1.82) is 0 Å². The van der Waals surface area contributed by atoms with Crippen molar-refractivity contribution in [2.45, 2.75) is 13.5 Å². The third-order valence-corrected chi connectivity index (χ3v) is 3.28. The Balaban J connectivity index is 1.81. The average molecular weight is 319 g/mol. The van der Waals surface area contributed by atoms with Crippen molar-refractivity contribution >= 4 is 23.2 Å². The van der Waals surface area contributed by atoms with Crippen molar-refractivity contribution in [3.8, 4) is 5.75 Å². The normalized spacial score (nSPS) is 10.1. The van der Waals surface area contributed by atoms with Gasteiger partial charge in [0.05, 0.1) is 18.8 Å². The van der Waals surface area contributed by atoms with Gasteiger partial charge in [-0.15, -0.1) is 0 Å². The van der Waals surface area contributed by atoms with Crippen molar-refractivity contribution in [2.75, 3.05) is 18.5 Å². The van der Waals surface area contributed by atoms with Crippen LogP contribution >= 0.6 is 11.6 Å². The fraction of sp³-hybridized carbons (Fsp3) is 0.235. The zero-order chi connectivity index (χ0) is 15.8. The van der Waals surface area contributed by atoms with Gasteiger partial charge in [-0.05, 0) is 36.8 Å². The van der Waals surface area contributed by atoms with Crippen LogP contribution in [0.25, 0.3) is 0 Å². The summed E-state index contributed by atoms with van der Waals surface area (Å²) in [6.45, 7) is 3.18. The molecule has 2 rings (SSSR count). The van der Waals surface area contributed by atoms with E-state index in [4.69, 9.17) is 16.3 Å². The van der Waals surface area contributed by atoms with E-state index in [1.54, 1.807) is 12.1 Å². The van der Waals surface area contributed by atoms with E-state index < -0.39 is 0 Å². The van der Waals surface area contributed by atoms with Crippen molar-refractivity contribution in [2.24, 2.45) is 0 Å². The minimum Gasteiger partial charge on any atom is -0.492 e. The van der Waals surface area contributed by atoms with Gasteiger partial charge >= 0.3 is 0 Å². The van der Waals surface area contributed by atoms with Gasteiger partial charge in [0.2, 0.25) is 5.91 Å². The lowest BCUT2D eigenvalue weighted by Crippen LogP contribution is -2.29. The Bertz CT molecular complexity index is 614. The molecule has 0 fully saturated rings. The summed E-state index contributed by atoms with van der Waals surface area (Å²) in [4.78, 5) is 11.9. The standard InChI is InChI=1S/C17H19ClN2O2/c1-2-22-16-6-4-3-5-15(16)19-12-17(21)20-11-13-7-9-14(18)10-8-13/h3-10,19H,2,11-12H2,1H3,(H,20,21). The largest absolute Gasteiger partial charge is 0.492 e. The maximum atomic E-state index is 11.9. The van der Waals surface area contributed by atoms with Crippen LogP contribution in [-0.2, 0) is 11.3 Å². The number of ether oxygens (including phenoxy) is 1. The zero-order valence-electron chi connectivity index (χ0n) is 12.4. The molecule has 0 saturated heterocycles. The number of anilines is 1. The summed E-state index contributed by atoms with van der Waals surface area (Å²) in [7, 11) is 0. The number of benzene rings is 2. The Morgan fingerprint density at radius 1 is 1.14 bits per heavy atom. The third kappa shape index (κ3) is 4.97. The predicted molar refractivity (Wildman–Crippen MR) is 89.4 cm³/mol. The molecule has 2 N–H and O–H groups in total. The summed E-state index contributed by atoms with van der Waals surface area (Å²) in [6.07, 6.45) is 0. The highest BCUT2D eigenvalue weighted by atomic mass is 35.5. The number of carbonyl (C=O) groups excluding carboxylic acids is 1. The fourth-order valence-corrected chi connectivity index (χ4v) is 2.06. The summed E-state index contributed by atoms with van der Waals surface area (Å²) in [5.74, 6) is 0.664. The van der Waals surface area contributed by atoms with Crippen molar-refractivity contribution < 1.29 is 9.53 Å². The maximum Gasteiger partial charge on any atom is 0.239 e. The molecule has 0 atom stereocenters. The molecule has 2 aromatic carbocycles. The fourth-order valence-electron chi connectivity index (χ4n) is 1.93. The maximum absolute atomic E-state index is 11.9. The summed E-state index contributed by atoms with van der Waals surface area (Å²) < 4.78 is 5.50. The summed E-state index contributed by atoms with van der Waals surface area (Å²) in [5, 5.41) is 6.62. The van der Waals surface area contributed by atoms with Crippen molar-refractivity contribution in [3.63, 3.8) is 0 Å². The first-order valence-corrected chi connectivity index (χ1v) is 7.53. The predicted octanol–water partition coefficient (Wildman–Crippen LogP) is 3.47. The topological polar surface area (TPSA) is 50.4 Å². The van der Waals surface area contributed by atoms with Crippen LogP contribution in [0, 0.1) is 0 Å². The first-order chi connectivity index (χ1) is 10.7. The molecule has 0 spiro atoms. The first-order valence-electron chi connectivity index (χ1n) is 7.16. The molecule has 2 aromatic rings. The zero-order valence-corrected chi connectivity index (χ0v) is 13.2. The Labute approximate surface area is 135 Å². The van der Waals surface area contributed by atoms with Crippen LogP contribution in [0.15, 0.2) is 48.5 Å². The molecular formula is C17H19ClN2O2. The molecule has 0 bridgehead atoms. The van der Waals surface area contributed by atoms with Gasteiger partial charge in [-0.3, -0.25) is 4.79 Å². The van der Waals surface area contributed by atoms with Gasteiger partial charge in [0.15, 0.2) is 0 Å². The first kappa shape index (κ1) is 16.2. The van der Waals surface area contributed by atoms with E-state index in [2.05, 4.69) is 10.6 Å². The smallest absolute Gasteiger partial charge is 0.239 e. The number of hydrogen-bond donors (Lipinski definition) is 2. The third-order valence-electron chi connectivity index (χ3n) is 3.03. The lowest BCUT2D eigenvalue weighted by atomic mass is 10.2. The SMILES string of the molecule is CCOc1ccccc1NCC(=O)NCc1ccc(Cl)cc1. The van der Waals surface area contributed by atoms with Crippen molar-refractivity contribution in [3.05, 3.63) is 59.1 Å². The number of halogens is 1. The lowest BCUT2D eigenvalue weighted by Gasteiger charge is -2.12. The van der Waals surface area contributed by atoms with Gasteiger partial charge in [-0.1, -0.05) is 35.9 Å². The van der Waals surface area contributed by atoms with E-state index in [1.807, 2.05) is 43.3 Å². The lowest BCUT2D eigenvalue weighted by molar-refractivity contribution is -0.119. The van der Waals surface area contributed by atoms with E-state index in [-0.39, 0.29) is 12.5 Å². The minimum absolute atomic E-state index is 0.0822. The number of hydrogen-bond acceptors (Lipinski definition) is 3. The van der Waals surface area contributed by atoms with Gasteiger partial charge < -0.3 is 15.4 Å². The van der Waals surface area contributed by atoms with Gasteiger partial charge in [-0.25, -0.2) is 0 Å². The Hall–Kier alpha value is -2.20. The molecular weight excluding hydrogens is 300 g/mol. The van der Waals surface area contributed by atoms with Gasteiger partial charge in [0, 0.05) is 11.6 Å². The molecule has 0 aromatic heterocycles. The van der Waals surface area contributed by atoms with Crippen molar-refractivity contribution in [1.82, 2.24) is 5.32 Å². The molecule has 22 heavy (non-hydrogen) atoms. The average Bonchev–Trinajstić information content (AvgIpc) is 2.54. The second-order valence-corrected chi connectivity index (χ2v) is 5.12. The molecule has 0 unspecified atom stereocenters. The molecule has 5 heteroatoms. The highest BCUT2D eigenvalue weighted by Crippen LogP contribution is 2.23. The van der Waals surface area contributed by atoms with Crippen LogP contribution in [-0.4, -0.2) is 19.1 Å². The van der Waals surface area contributed by atoms with Crippen LogP contribution in [0.1, 0.15) is 12.5 Å². The molecule has 0 aliphatic heterocycles. The van der Waals surface area contributed by atoms with E-state index >= 15 is 0 Å². The number of para-hydroxylation sites is 2. The molecule has 116 valence electrons. The Kier molecular flexibility index (Phi) is 6.10. The summed E-state index contributed by atoms with van der Waals surface area (Å²) in [5.41, 5.74) is 1.82. The van der Waals surface area contributed by atoms with E-state index in [0.717, 1.165) is 17.0 Å². The highest BCUT2D eigenvalue weighted by Gasteiger charge is 2.05. The number of carbonyl (C=O) groups is 1. The van der Waals surface area contributed by atoms with Crippen LogP contribution in [0.2, 0.25) is 5.02 Å². The molecule has 0 heterocycles. The Morgan fingerprint density at radius 3 is 2.59 bits per heavy atom. The van der Waals surface area contributed by atoms with E-state index in [9.17, 15) is 4.79 Å². The Morgan fingerprint density at radius 2 is 1.86 bits per heavy atom. The van der Waals surface area contributed by atoms with E-state index in [1.165, 1.54) is 0 Å². The minimum atomic E-state index is -0.0822. The van der Waals surface area contributed by atoms with Crippen LogP contribution < -0.4 is 15.4 Å². The molecule has 0 saturated carbocycles.